The molecule has 30 heavy (non-hydrogen) atoms. The van der Waals surface area contributed by atoms with Gasteiger partial charge in [0.1, 0.15) is 23.9 Å². The van der Waals surface area contributed by atoms with Gasteiger partial charge in [-0.1, -0.05) is 42.5 Å². The fourth-order valence-corrected chi connectivity index (χ4v) is 3.81. The summed E-state index contributed by atoms with van der Waals surface area (Å²) in [4.78, 5) is 12.5. The van der Waals surface area contributed by atoms with Crippen LogP contribution in [-0.4, -0.2) is 12.9 Å². The molecule has 0 fully saturated rings. The molecule has 1 aliphatic rings. The molecule has 1 aliphatic carbocycles. The maximum atomic E-state index is 14.0. The van der Waals surface area contributed by atoms with Gasteiger partial charge in [-0.25, -0.2) is 4.39 Å². The van der Waals surface area contributed by atoms with Crippen molar-refractivity contribution in [2.24, 2.45) is 0 Å². The smallest absolute Gasteiger partial charge is 0.156 e. The Morgan fingerprint density at radius 3 is 2.47 bits per heavy atom. The maximum Gasteiger partial charge on any atom is 0.156 e. The summed E-state index contributed by atoms with van der Waals surface area (Å²) in [5, 5.41) is 0. The maximum absolute atomic E-state index is 14.0. The van der Waals surface area contributed by atoms with E-state index in [0.717, 1.165) is 28.0 Å². The Morgan fingerprint density at radius 2 is 1.73 bits per heavy atom. The molecule has 0 spiro atoms. The summed E-state index contributed by atoms with van der Waals surface area (Å²) in [5.74, 6) is 1.00. The molecule has 3 aromatic carbocycles. The molecule has 0 unspecified atom stereocenters. The van der Waals surface area contributed by atoms with Crippen molar-refractivity contribution in [1.82, 2.24) is 0 Å². The predicted octanol–water partition coefficient (Wildman–Crippen LogP) is 5.94. The van der Waals surface area contributed by atoms with Crippen molar-refractivity contribution in [2.75, 3.05) is 7.11 Å². The van der Waals surface area contributed by atoms with Crippen molar-refractivity contribution in [3.8, 4) is 11.5 Å². The lowest BCUT2D eigenvalue weighted by Crippen LogP contribution is -2.13. The lowest BCUT2D eigenvalue weighted by Gasteiger charge is -2.24. The van der Waals surface area contributed by atoms with Gasteiger partial charge in [-0.05, 0) is 59.4 Å². The minimum absolute atomic E-state index is 0.0652. The molecular weight excluding hydrogens is 379 g/mol. The molecule has 0 amide bonds. The summed E-state index contributed by atoms with van der Waals surface area (Å²) < 4.78 is 25.1. The van der Waals surface area contributed by atoms with E-state index in [4.69, 9.17) is 9.47 Å². The minimum atomic E-state index is -0.365. The van der Waals surface area contributed by atoms with Gasteiger partial charge in [0.15, 0.2) is 5.78 Å². The number of hydrogen-bond acceptors (Lipinski definition) is 3. The van der Waals surface area contributed by atoms with Crippen LogP contribution in [0.4, 0.5) is 4.39 Å². The second-order valence-corrected chi connectivity index (χ2v) is 7.43. The number of allylic oxidation sites excluding steroid dienone is 2. The molecule has 0 aromatic heterocycles. The first-order valence-corrected chi connectivity index (χ1v) is 9.96. The number of carbonyl (C=O) groups is 1. The molecule has 4 heteroatoms. The molecule has 3 nitrogen and oxygen atoms in total. The normalized spacial score (nSPS) is 16.1. The lowest BCUT2D eigenvalue weighted by molar-refractivity contribution is -0.115. The number of rotatable bonds is 6. The summed E-state index contributed by atoms with van der Waals surface area (Å²) in [6.07, 6.45) is 2.81. The third kappa shape index (κ3) is 4.60. The summed E-state index contributed by atoms with van der Waals surface area (Å²) >= 11 is 0. The van der Waals surface area contributed by atoms with Crippen LogP contribution in [0.2, 0.25) is 0 Å². The van der Waals surface area contributed by atoms with Crippen molar-refractivity contribution in [3.63, 3.8) is 0 Å². The number of methoxy groups -OCH3 is 1. The Balaban J connectivity index is 1.59. The Bertz CT molecular complexity index is 1060. The van der Waals surface area contributed by atoms with Gasteiger partial charge in [0, 0.05) is 18.1 Å². The average Bonchev–Trinajstić information content (AvgIpc) is 2.78. The number of benzene rings is 3. The van der Waals surface area contributed by atoms with E-state index in [1.54, 1.807) is 19.3 Å². The zero-order chi connectivity index (χ0) is 20.9. The Hall–Kier alpha value is -3.40. The quantitative estimate of drug-likeness (QED) is 0.512. The number of hydrogen-bond donors (Lipinski definition) is 0. The summed E-state index contributed by atoms with van der Waals surface area (Å²) in [5.41, 5.74) is 3.72. The molecule has 0 saturated heterocycles. The van der Waals surface area contributed by atoms with Crippen LogP contribution in [0, 0.1) is 5.82 Å². The van der Waals surface area contributed by atoms with Crippen LogP contribution in [0.25, 0.3) is 5.57 Å². The standard InChI is InChI=1S/C26H23FO3/c1-29-24-10-7-19(8-11-24)20-13-21(15-23(28)14-20)25-12-9-22(27)16-26(25)30-17-18-5-3-2-4-6-18/h2-12,15-16,20H,13-14,17H2,1H3/t20-/m1/s1. The molecular formula is C26H23FO3. The molecule has 0 saturated carbocycles. The highest BCUT2D eigenvalue weighted by molar-refractivity contribution is 5.99. The molecule has 0 bridgehead atoms. The highest BCUT2D eigenvalue weighted by Crippen LogP contribution is 2.39. The van der Waals surface area contributed by atoms with Crippen LogP contribution in [0.1, 0.15) is 35.4 Å². The molecule has 1 atom stereocenters. The van der Waals surface area contributed by atoms with Crippen LogP contribution in [0.15, 0.2) is 78.9 Å². The van der Waals surface area contributed by atoms with Gasteiger partial charge >= 0.3 is 0 Å². The van der Waals surface area contributed by atoms with Crippen molar-refractivity contribution < 1.29 is 18.7 Å². The molecule has 0 N–H and O–H groups in total. The van der Waals surface area contributed by atoms with Crippen molar-refractivity contribution in [2.45, 2.75) is 25.4 Å². The van der Waals surface area contributed by atoms with Gasteiger partial charge in [0.25, 0.3) is 0 Å². The summed E-state index contributed by atoms with van der Waals surface area (Å²) in [6, 6.07) is 22.0. The van der Waals surface area contributed by atoms with Crippen molar-refractivity contribution in [1.29, 1.82) is 0 Å². The Kier molecular flexibility index (Phi) is 5.94. The summed E-state index contributed by atoms with van der Waals surface area (Å²) in [7, 11) is 1.63. The molecule has 152 valence electrons. The third-order valence-electron chi connectivity index (χ3n) is 5.36. The second kappa shape index (κ2) is 8.95. The molecule has 0 aliphatic heterocycles. The lowest BCUT2D eigenvalue weighted by atomic mass is 9.81. The monoisotopic (exact) mass is 402 g/mol. The SMILES string of the molecule is COc1ccc([C@H]2CC(=O)C=C(c3ccc(F)cc3OCc3ccccc3)C2)cc1. The first-order valence-electron chi connectivity index (χ1n) is 9.96. The van der Waals surface area contributed by atoms with Crippen LogP contribution >= 0.6 is 0 Å². The fourth-order valence-electron chi connectivity index (χ4n) is 3.81. The summed E-state index contributed by atoms with van der Waals surface area (Å²) in [6.45, 7) is 0.334. The zero-order valence-corrected chi connectivity index (χ0v) is 16.8. The van der Waals surface area contributed by atoms with Gasteiger partial charge in [-0.2, -0.15) is 0 Å². The van der Waals surface area contributed by atoms with Gasteiger partial charge in [0.2, 0.25) is 0 Å². The van der Waals surface area contributed by atoms with E-state index in [1.807, 2.05) is 54.6 Å². The highest BCUT2D eigenvalue weighted by Gasteiger charge is 2.25. The van der Waals surface area contributed by atoms with Gasteiger partial charge in [-0.15, -0.1) is 0 Å². The van der Waals surface area contributed by atoms with Gasteiger partial charge in [-0.3, -0.25) is 4.79 Å². The van der Waals surface area contributed by atoms with Crippen molar-refractivity contribution in [3.05, 3.63) is 101 Å². The van der Waals surface area contributed by atoms with Crippen LogP contribution < -0.4 is 9.47 Å². The van der Waals surface area contributed by atoms with E-state index in [2.05, 4.69) is 0 Å². The zero-order valence-electron chi connectivity index (χ0n) is 16.8. The van der Waals surface area contributed by atoms with E-state index in [9.17, 15) is 9.18 Å². The number of ketones is 1. The topological polar surface area (TPSA) is 35.5 Å². The molecule has 0 radical (unpaired) electrons. The van der Waals surface area contributed by atoms with Gasteiger partial charge in [0.05, 0.1) is 7.11 Å². The number of ether oxygens (including phenoxy) is 2. The van der Waals surface area contributed by atoms with E-state index < -0.39 is 0 Å². The Labute approximate surface area is 175 Å². The number of halogens is 1. The van der Waals surface area contributed by atoms with Crippen molar-refractivity contribution >= 4 is 11.4 Å². The second-order valence-electron chi connectivity index (χ2n) is 7.43. The van der Waals surface area contributed by atoms with Crippen LogP contribution in [-0.2, 0) is 11.4 Å². The van der Waals surface area contributed by atoms with Gasteiger partial charge < -0.3 is 9.47 Å². The first kappa shape index (κ1) is 19.9. The minimum Gasteiger partial charge on any atom is -0.497 e. The largest absolute Gasteiger partial charge is 0.497 e. The van der Waals surface area contributed by atoms with Crippen LogP contribution in [0.5, 0.6) is 11.5 Å². The van der Waals surface area contributed by atoms with E-state index in [1.165, 1.54) is 12.1 Å². The van der Waals surface area contributed by atoms with E-state index >= 15 is 0 Å². The fraction of sp³-hybridized carbons (Fsp3) is 0.192. The average molecular weight is 402 g/mol. The third-order valence-corrected chi connectivity index (χ3v) is 5.36. The highest BCUT2D eigenvalue weighted by atomic mass is 19.1. The Morgan fingerprint density at radius 1 is 0.967 bits per heavy atom. The molecule has 3 aromatic rings. The molecule has 0 heterocycles. The number of carbonyl (C=O) groups excluding carboxylic acids is 1. The van der Waals surface area contributed by atoms with E-state index in [0.29, 0.717) is 25.2 Å². The van der Waals surface area contributed by atoms with E-state index in [-0.39, 0.29) is 17.5 Å². The molecule has 4 rings (SSSR count). The van der Waals surface area contributed by atoms with Crippen LogP contribution in [0.3, 0.4) is 0 Å². The predicted molar refractivity (Wildman–Crippen MR) is 115 cm³/mol. The first-order chi connectivity index (χ1) is 14.6.